The van der Waals surface area contributed by atoms with Crippen LogP contribution in [0.25, 0.3) is 10.9 Å². The molecule has 26 heavy (non-hydrogen) atoms. The van der Waals surface area contributed by atoms with E-state index in [1.165, 1.54) is 0 Å². The molecule has 0 radical (unpaired) electrons. The van der Waals surface area contributed by atoms with Crippen LogP contribution in [0.3, 0.4) is 0 Å². The Morgan fingerprint density at radius 1 is 1.23 bits per heavy atom. The summed E-state index contributed by atoms with van der Waals surface area (Å²) in [5.41, 5.74) is 1.61. The molecule has 2 aliphatic heterocycles. The van der Waals surface area contributed by atoms with Crippen LogP contribution < -0.4 is 4.72 Å². The number of fused-ring (bicyclic) bond motifs is 3. The zero-order valence-corrected chi connectivity index (χ0v) is 15.9. The van der Waals surface area contributed by atoms with E-state index in [2.05, 4.69) is 9.71 Å². The number of aromatic nitrogens is 1. The summed E-state index contributed by atoms with van der Waals surface area (Å²) in [5.74, 6) is -0.253. The Bertz CT molecular complexity index is 985. The normalized spacial score (nSPS) is 20.0. The summed E-state index contributed by atoms with van der Waals surface area (Å²) in [4.78, 5) is 17.0. The molecule has 0 unspecified atom stereocenters. The summed E-state index contributed by atoms with van der Waals surface area (Å²) in [7, 11) is -3.87. The first-order valence-corrected chi connectivity index (χ1v) is 10.2. The van der Waals surface area contributed by atoms with E-state index in [1.807, 2.05) is 0 Å². The average Bonchev–Trinajstić information content (AvgIpc) is 3.00. The predicted octanol–water partition coefficient (Wildman–Crippen LogP) is 1.81. The van der Waals surface area contributed by atoms with Crippen LogP contribution in [0.2, 0.25) is 10.0 Å². The third-order valence-corrected chi connectivity index (χ3v) is 6.53. The van der Waals surface area contributed by atoms with Crippen molar-refractivity contribution in [1.82, 2.24) is 14.2 Å². The lowest BCUT2D eigenvalue weighted by Gasteiger charge is -2.32. The van der Waals surface area contributed by atoms with Crippen molar-refractivity contribution in [2.75, 3.05) is 37.6 Å². The standard InChI is InChI=1S/C15H16Cl2N4O4S/c16-10-5-9-7-21(8-12(22)20-1-3-25-4-2-20)26(23,24)19-14(9)15-13(10)11(17)6-18-15/h5-6,18-19H,1-4,7-8H2. The number of carbonyl (C=O) groups excluding carboxylic acids is 1. The number of halogens is 2. The van der Waals surface area contributed by atoms with Gasteiger partial charge in [-0.1, -0.05) is 23.2 Å². The van der Waals surface area contributed by atoms with Gasteiger partial charge in [-0.25, -0.2) is 0 Å². The Labute approximate surface area is 160 Å². The Hall–Kier alpha value is -1.52. The number of hydrogen-bond donors (Lipinski definition) is 2. The molecule has 0 bridgehead atoms. The number of ether oxygens (including phenoxy) is 1. The minimum atomic E-state index is -3.87. The number of anilines is 1. The molecule has 4 rings (SSSR count). The van der Waals surface area contributed by atoms with Gasteiger partial charge in [0, 0.05) is 31.2 Å². The van der Waals surface area contributed by atoms with Crippen molar-refractivity contribution >= 4 is 55.9 Å². The molecule has 2 aromatic rings. The van der Waals surface area contributed by atoms with E-state index in [0.717, 1.165) is 4.31 Å². The maximum absolute atomic E-state index is 12.6. The van der Waals surface area contributed by atoms with Gasteiger partial charge in [0.15, 0.2) is 0 Å². The van der Waals surface area contributed by atoms with Crippen molar-refractivity contribution in [1.29, 1.82) is 0 Å². The van der Waals surface area contributed by atoms with Crippen molar-refractivity contribution in [3.05, 3.63) is 27.9 Å². The van der Waals surface area contributed by atoms with Gasteiger partial charge >= 0.3 is 10.2 Å². The highest BCUT2D eigenvalue weighted by atomic mass is 35.5. The van der Waals surface area contributed by atoms with Gasteiger partial charge in [0.05, 0.1) is 41.0 Å². The number of morpholine rings is 1. The van der Waals surface area contributed by atoms with E-state index < -0.39 is 10.2 Å². The van der Waals surface area contributed by atoms with Crippen LogP contribution in [-0.4, -0.2) is 61.4 Å². The Balaban J connectivity index is 1.65. The molecule has 0 atom stereocenters. The van der Waals surface area contributed by atoms with Crippen LogP contribution in [-0.2, 0) is 26.3 Å². The highest BCUT2D eigenvalue weighted by Gasteiger charge is 2.34. The Morgan fingerprint density at radius 2 is 1.96 bits per heavy atom. The number of rotatable bonds is 2. The number of hydrogen-bond acceptors (Lipinski definition) is 4. The molecule has 140 valence electrons. The van der Waals surface area contributed by atoms with Crippen molar-refractivity contribution in [2.24, 2.45) is 0 Å². The molecule has 11 heteroatoms. The van der Waals surface area contributed by atoms with Crippen LogP contribution in [0.5, 0.6) is 0 Å². The molecule has 0 aliphatic carbocycles. The van der Waals surface area contributed by atoms with E-state index in [9.17, 15) is 13.2 Å². The van der Waals surface area contributed by atoms with Gasteiger partial charge in [-0.15, -0.1) is 0 Å². The van der Waals surface area contributed by atoms with E-state index >= 15 is 0 Å². The summed E-state index contributed by atoms with van der Waals surface area (Å²) in [5, 5.41) is 1.40. The second-order valence-electron chi connectivity index (χ2n) is 6.15. The lowest BCUT2D eigenvalue weighted by atomic mass is 10.1. The third kappa shape index (κ3) is 3.03. The summed E-state index contributed by atoms with van der Waals surface area (Å²) < 4.78 is 34.1. The van der Waals surface area contributed by atoms with Crippen LogP contribution in [0.4, 0.5) is 5.69 Å². The molecule has 3 heterocycles. The summed E-state index contributed by atoms with van der Waals surface area (Å²) in [6, 6.07) is 1.67. The minimum Gasteiger partial charge on any atom is -0.378 e. The fraction of sp³-hybridized carbons (Fsp3) is 0.400. The van der Waals surface area contributed by atoms with E-state index in [0.29, 0.717) is 58.5 Å². The SMILES string of the molecule is O=C(CN1Cc2cc(Cl)c3c(Cl)c[nH]c3c2NS1(=O)=O)N1CCOCC1. The summed E-state index contributed by atoms with van der Waals surface area (Å²) in [6.07, 6.45) is 1.56. The molecule has 2 aliphatic rings. The van der Waals surface area contributed by atoms with Crippen LogP contribution >= 0.6 is 23.2 Å². The van der Waals surface area contributed by atoms with Gasteiger partial charge in [0.25, 0.3) is 0 Å². The highest BCUT2D eigenvalue weighted by molar-refractivity contribution is 7.90. The lowest BCUT2D eigenvalue weighted by Crippen LogP contribution is -2.49. The third-order valence-electron chi connectivity index (χ3n) is 4.54. The molecule has 2 N–H and O–H groups in total. The second kappa shape index (κ2) is 6.58. The van der Waals surface area contributed by atoms with Gasteiger partial charge in [0.2, 0.25) is 5.91 Å². The average molecular weight is 419 g/mol. The van der Waals surface area contributed by atoms with Gasteiger partial charge in [-0.05, 0) is 11.6 Å². The number of benzene rings is 1. The zero-order chi connectivity index (χ0) is 18.5. The summed E-state index contributed by atoms with van der Waals surface area (Å²) >= 11 is 12.4. The maximum Gasteiger partial charge on any atom is 0.302 e. The predicted molar refractivity (Wildman–Crippen MR) is 98.7 cm³/mol. The van der Waals surface area contributed by atoms with E-state index in [-0.39, 0.29) is 19.0 Å². The number of amides is 1. The zero-order valence-electron chi connectivity index (χ0n) is 13.6. The van der Waals surface area contributed by atoms with Gasteiger partial charge < -0.3 is 14.6 Å². The Morgan fingerprint density at radius 3 is 2.69 bits per heavy atom. The topological polar surface area (TPSA) is 94.7 Å². The fourth-order valence-electron chi connectivity index (χ4n) is 3.20. The molecule has 8 nitrogen and oxygen atoms in total. The van der Waals surface area contributed by atoms with Crippen molar-refractivity contribution < 1.29 is 17.9 Å². The molecule has 1 aromatic carbocycles. The Kier molecular flexibility index (Phi) is 4.52. The van der Waals surface area contributed by atoms with Crippen molar-refractivity contribution in [3.63, 3.8) is 0 Å². The molecule has 1 fully saturated rings. The summed E-state index contributed by atoms with van der Waals surface area (Å²) in [6.45, 7) is 1.65. The first-order chi connectivity index (χ1) is 12.4. The molecule has 1 saturated heterocycles. The largest absolute Gasteiger partial charge is 0.378 e. The van der Waals surface area contributed by atoms with E-state index in [1.54, 1.807) is 17.2 Å². The van der Waals surface area contributed by atoms with Crippen molar-refractivity contribution in [2.45, 2.75) is 6.54 Å². The van der Waals surface area contributed by atoms with Crippen LogP contribution in [0.1, 0.15) is 5.56 Å². The molecule has 0 saturated carbocycles. The molecular formula is C15H16Cl2N4O4S. The van der Waals surface area contributed by atoms with Crippen LogP contribution in [0.15, 0.2) is 12.3 Å². The first kappa shape index (κ1) is 17.9. The highest BCUT2D eigenvalue weighted by Crippen LogP contribution is 2.40. The molecular weight excluding hydrogens is 403 g/mol. The van der Waals surface area contributed by atoms with Gasteiger partial charge in [-0.2, -0.15) is 12.7 Å². The maximum atomic E-state index is 12.6. The fourth-order valence-corrected chi connectivity index (χ4v) is 5.04. The molecule has 0 spiro atoms. The monoisotopic (exact) mass is 418 g/mol. The number of carbonyl (C=O) groups is 1. The van der Waals surface area contributed by atoms with Gasteiger partial charge in [-0.3, -0.25) is 9.52 Å². The lowest BCUT2D eigenvalue weighted by molar-refractivity contribution is -0.135. The number of nitrogens with zero attached hydrogens (tertiary/aromatic N) is 2. The molecule has 1 aromatic heterocycles. The number of aromatic amines is 1. The smallest absolute Gasteiger partial charge is 0.302 e. The minimum absolute atomic E-state index is 0.0487. The molecule has 1 amide bonds. The van der Waals surface area contributed by atoms with Crippen LogP contribution in [0, 0.1) is 0 Å². The van der Waals surface area contributed by atoms with Gasteiger partial charge in [0.1, 0.15) is 0 Å². The van der Waals surface area contributed by atoms with E-state index in [4.69, 9.17) is 27.9 Å². The first-order valence-electron chi connectivity index (χ1n) is 7.98. The second-order valence-corrected chi connectivity index (χ2v) is 8.63. The number of H-pyrrole nitrogens is 1. The quantitative estimate of drug-likeness (QED) is 0.777. The number of nitrogens with one attached hydrogen (secondary N) is 2. The van der Waals surface area contributed by atoms with Crippen molar-refractivity contribution in [3.8, 4) is 0 Å².